The molecule has 4 atom stereocenters. The first-order valence-electron chi connectivity index (χ1n) is 12.4. The van der Waals surface area contributed by atoms with E-state index < -0.39 is 29.6 Å². The van der Waals surface area contributed by atoms with Crippen LogP contribution >= 0.6 is 23.2 Å². The minimum Gasteiger partial charge on any atom is -0.481 e. The van der Waals surface area contributed by atoms with Gasteiger partial charge in [0.15, 0.2) is 0 Å². The largest absolute Gasteiger partial charge is 0.481 e. The zero-order valence-electron chi connectivity index (χ0n) is 19.7. The summed E-state index contributed by atoms with van der Waals surface area (Å²) in [5.74, 6) is -4.00. The standard InChI is InChI=1S/C30H28Cl2O4/c31-22-15-7-4-13-20(22)25-27(29(33)34)26(21-14-5-8-16-23(21)32)28(25)30(35)36-24-17-9-6-12-19(24)18-10-2-1-3-11-18/h1-5,7-8,10-11,13-16,19,24-28H,6,9,12,17H2,(H,33,34)/t19-,24?,25-,26-,27-,28-/m0/s1. The van der Waals surface area contributed by atoms with Gasteiger partial charge < -0.3 is 9.84 Å². The molecule has 0 bridgehead atoms. The first-order valence-corrected chi connectivity index (χ1v) is 13.2. The molecule has 3 aromatic carbocycles. The van der Waals surface area contributed by atoms with Crippen LogP contribution < -0.4 is 0 Å². The third-order valence-corrected chi connectivity index (χ3v) is 8.52. The molecule has 0 spiro atoms. The van der Waals surface area contributed by atoms with Gasteiger partial charge in [-0.1, -0.05) is 96.4 Å². The van der Waals surface area contributed by atoms with Crippen LogP contribution in [0.1, 0.15) is 60.1 Å². The maximum Gasteiger partial charge on any atom is 0.310 e. The number of halogens is 2. The van der Waals surface area contributed by atoms with Gasteiger partial charge in [-0.3, -0.25) is 9.59 Å². The smallest absolute Gasteiger partial charge is 0.310 e. The number of carbonyl (C=O) groups excluding carboxylic acids is 1. The number of aliphatic carboxylic acids is 1. The summed E-state index contributed by atoms with van der Waals surface area (Å²) in [4.78, 5) is 26.5. The van der Waals surface area contributed by atoms with E-state index in [-0.39, 0.29) is 18.0 Å². The van der Waals surface area contributed by atoms with Crippen molar-refractivity contribution in [1.82, 2.24) is 0 Å². The summed E-state index contributed by atoms with van der Waals surface area (Å²) in [5.41, 5.74) is 2.47. The Kier molecular flexibility index (Phi) is 7.36. The molecule has 6 heteroatoms. The Labute approximate surface area is 221 Å². The van der Waals surface area contributed by atoms with E-state index in [1.54, 1.807) is 36.4 Å². The third kappa shape index (κ3) is 4.65. The number of esters is 1. The molecule has 5 rings (SSSR count). The van der Waals surface area contributed by atoms with Crippen LogP contribution in [0.15, 0.2) is 78.9 Å². The molecule has 36 heavy (non-hydrogen) atoms. The summed E-state index contributed by atoms with van der Waals surface area (Å²) in [6.45, 7) is 0. The van der Waals surface area contributed by atoms with Crippen LogP contribution in [-0.2, 0) is 14.3 Å². The molecule has 2 saturated carbocycles. The van der Waals surface area contributed by atoms with Crippen LogP contribution in [0.3, 0.4) is 0 Å². The summed E-state index contributed by atoms with van der Waals surface area (Å²) in [6, 6.07) is 24.5. The fourth-order valence-electron chi connectivity index (χ4n) is 6.16. The zero-order chi connectivity index (χ0) is 25.2. The minimum absolute atomic E-state index is 0.122. The van der Waals surface area contributed by atoms with Gasteiger partial charge in [-0.15, -0.1) is 0 Å². The second-order valence-corrected chi connectivity index (χ2v) is 10.6. The van der Waals surface area contributed by atoms with Crippen LogP contribution in [0.5, 0.6) is 0 Å². The molecule has 186 valence electrons. The van der Waals surface area contributed by atoms with Crippen LogP contribution in [-0.4, -0.2) is 23.1 Å². The summed E-state index contributed by atoms with van der Waals surface area (Å²) in [6.07, 6.45) is 3.56. The van der Waals surface area contributed by atoms with Crippen molar-refractivity contribution in [2.45, 2.75) is 49.5 Å². The van der Waals surface area contributed by atoms with E-state index >= 15 is 0 Å². The van der Waals surface area contributed by atoms with Gasteiger partial charge in [0, 0.05) is 27.8 Å². The topological polar surface area (TPSA) is 63.6 Å². The molecule has 0 heterocycles. The number of ether oxygens (including phenoxy) is 1. The number of carbonyl (C=O) groups is 2. The van der Waals surface area contributed by atoms with E-state index in [9.17, 15) is 14.7 Å². The zero-order valence-corrected chi connectivity index (χ0v) is 21.2. The first-order chi connectivity index (χ1) is 17.5. The van der Waals surface area contributed by atoms with Crippen LogP contribution in [0.2, 0.25) is 10.0 Å². The quantitative estimate of drug-likeness (QED) is 0.341. The Hall–Kier alpha value is -2.82. The SMILES string of the molecule is O=C(O)[C@H]1[C@H](c2ccccc2Cl)[C@H](C(=O)OC2CCCC[C@H]2c2ccccc2)[C@H]1c1ccccc1Cl. The molecule has 1 unspecified atom stereocenters. The molecule has 0 saturated heterocycles. The average Bonchev–Trinajstić information content (AvgIpc) is 2.86. The van der Waals surface area contributed by atoms with Crippen LogP contribution in [0.4, 0.5) is 0 Å². The van der Waals surface area contributed by atoms with E-state index in [0.717, 1.165) is 31.2 Å². The van der Waals surface area contributed by atoms with E-state index in [1.807, 2.05) is 30.3 Å². The number of carboxylic acids is 1. The number of rotatable bonds is 6. The molecule has 0 amide bonds. The van der Waals surface area contributed by atoms with Gasteiger partial charge in [-0.25, -0.2) is 0 Å². The van der Waals surface area contributed by atoms with Gasteiger partial charge in [0.2, 0.25) is 0 Å². The van der Waals surface area contributed by atoms with Crippen molar-refractivity contribution in [1.29, 1.82) is 0 Å². The molecule has 0 radical (unpaired) electrons. The van der Waals surface area contributed by atoms with Gasteiger partial charge in [0.05, 0.1) is 11.8 Å². The predicted molar refractivity (Wildman–Crippen MR) is 141 cm³/mol. The Morgan fingerprint density at radius 1 is 0.722 bits per heavy atom. The minimum atomic E-state index is -0.978. The Morgan fingerprint density at radius 3 is 1.81 bits per heavy atom. The van der Waals surface area contributed by atoms with E-state index in [4.69, 9.17) is 27.9 Å². The van der Waals surface area contributed by atoms with Crippen molar-refractivity contribution < 1.29 is 19.4 Å². The molecule has 0 aromatic heterocycles. The average molecular weight is 523 g/mol. The second-order valence-electron chi connectivity index (χ2n) is 9.76. The second kappa shape index (κ2) is 10.7. The van der Waals surface area contributed by atoms with Gasteiger partial charge >= 0.3 is 11.9 Å². The van der Waals surface area contributed by atoms with Crippen molar-refractivity contribution in [3.63, 3.8) is 0 Å². The fourth-order valence-corrected chi connectivity index (χ4v) is 6.68. The lowest BCUT2D eigenvalue weighted by Gasteiger charge is -2.50. The van der Waals surface area contributed by atoms with Gasteiger partial charge in [-0.05, 0) is 48.1 Å². The Bertz CT molecular complexity index is 1190. The molecule has 3 aromatic rings. The van der Waals surface area contributed by atoms with E-state index in [2.05, 4.69) is 12.1 Å². The maximum atomic E-state index is 13.9. The van der Waals surface area contributed by atoms with Crippen molar-refractivity contribution >= 4 is 35.1 Å². The number of hydrogen-bond donors (Lipinski definition) is 1. The summed E-state index contributed by atoms with van der Waals surface area (Å²) < 4.78 is 6.26. The number of benzene rings is 3. The van der Waals surface area contributed by atoms with Crippen molar-refractivity contribution in [3.05, 3.63) is 106 Å². The lowest BCUT2D eigenvalue weighted by atomic mass is 9.52. The molecule has 2 aliphatic rings. The van der Waals surface area contributed by atoms with Gasteiger partial charge in [-0.2, -0.15) is 0 Å². The molecular weight excluding hydrogens is 495 g/mol. The van der Waals surface area contributed by atoms with Gasteiger partial charge in [0.1, 0.15) is 6.10 Å². The highest BCUT2D eigenvalue weighted by atomic mass is 35.5. The fraction of sp³-hybridized carbons (Fsp3) is 0.333. The monoisotopic (exact) mass is 522 g/mol. The molecule has 1 N–H and O–H groups in total. The highest BCUT2D eigenvalue weighted by molar-refractivity contribution is 6.32. The number of carboxylic acid groups (broad SMARTS) is 1. The van der Waals surface area contributed by atoms with Crippen molar-refractivity contribution in [2.24, 2.45) is 11.8 Å². The van der Waals surface area contributed by atoms with E-state index in [1.165, 1.54) is 0 Å². The van der Waals surface area contributed by atoms with Gasteiger partial charge in [0.25, 0.3) is 0 Å². The summed E-state index contributed by atoms with van der Waals surface area (Å²) in [5, 5.41) is 11.1. The lowest BCUT2D eigenvalue weighted by molar-refractivity contribution is -0.170. The Morgan fingerprint density at radius 2 is 1.25 bits per heavy atom. The number of hydrogen-bond acceptors (Lipinski definition) is 3. The molecule has 2 aliphatic carbocycles. The summed E-state index contributed by atoms with van der Waals surface area (Å²) >= 11 is 13.0. The lowest BCUT2D eigenvalue weighted by Crippen LogP contribution is -2.52. The van der Waals surface area contributed by atoms with Crippen LogP contribution in [0.25, 0.3) is 0 Å². The molecule has 0 aliphatic heterocycles. The first kappa shape index (κ1) is 24.9. The molecule has 4 nitrogen and oxygen atoms in total. The van der Waals surface area contributed by atoms with Crippen LogP contribution in [0, 0.1) is 11.8 Å². The van der Waals surface area contributed by atoms with Crippen molar-refractivity contribution in [2.75, 3.05) is 0 Å². The summed E-state index contributed by atoms with van der Waals surface area (Å²) in [7, 11) is 0. The third-order valence-electron chi connectivity index (χ3n) is 7.83. The highest BCUT2D eigenvalue weighted by Gasteiger charge is 2.60. The predicted octanol–water partition coefficient (Wildman–Crippen LogP) is 7.46. The molecular formula is C30H28Cl2O4. The Balaban J connectivity index is 1.51. The van der Waals surface area contributed by atoms with E-state index in [0.29, 0.717) is 21.2 Å². The van der Waals surface area contributed by atoms with Crippen molar-refractivity contribution in [3.8, 4) is 0 Å². The maximum absolute atomic E-state index is 13.9. The normalized spacial score (nSPS) is 27.6. The highest BCUT2D eigenvalue weighted by Crippen LogP contribution is 2.60. The molecule has 2 fully saturated rings.